The maximum absolute atomic E-state index is 12.1. The van der Waals surface area contributed by atoms with Crippen LogP contribution in [0.2, 0.25) is 0 Å². The Hall–Kier alpha value is -1.88. The molecule has 1 saturated carbocycles. The molecule has 0 saturated heterocycles. The molecule has 0 radical (unpaired) electrons. The Bertz CT molecular complexity index is 600. The number of carbonyl (C=O) groups is 1. The number of hydrogen-bond donors (Lipinski definition) is 2. The quantitative estimate of drug-likeness (QED) is 0.875. The third-order valence-electron chi connectivity index (χ3n) is 3.79. The number of imidazole rings is 1. The van der Waals surface area contributed by atoms with E-state index in [1.165, 1.54) is 0 Å². The lowest BCUT2D eigenvalue weighted by Gasteiger charge is -2.22. The lowest BCUT2D eigenvalue weighted by Crippen LogP contribution is -2.40. The second kappa shape index (κ2) is 4.66. The third kappa shape index (κ3) is 2.46. The van der Waals surface area contributed by atoms with Crippen LogP contribution in [0.25, 0.3) is 5.52 Å². The van der Waals surface area contributed by atoms with Crippen LogP contribution in [-0.2, 0) is 0 Å². The molecule has 0 aliphatic heterocycles. The lowest BCUT2D eigenvalue weighted by atomic mass is 10.0. The van der Waals surface area contributed by atoms with Crippen LogP contribution in [0.5, 0.6) is 0 Å². The number of pyridine rings is 1. The van der Waals surface area contributed by atoms with Gasteiger partial charge in [0.05, 0.1) is 23.6 Å². The summed E-state index contributed by atoms with van der Waals surface area (Å²) in [4.78, 5) is 16.1. The molecule has 0 atom stereocenters. The molecule has 1 fully saturated rings. The average molecular weight is 259 g/mol. The minimum atomic E-state index is -0.712. The highest BCUT2D eigenvalue weighted by molar-refractivity contribution is 5.95. The van der Waals surface area contributed by atoms with Crippen molar-refractivity contribution >= 4 is 11.4 Å². The summed E-state index contributed by atoms with van der Waals surface area (Å²) in [6.07, 6.45) is 8.83. The molecule has 0 bridgehead atoms. The van der Waals surface area contributed by atoms with Gasteiger partial charge in [-0.3, -0.25) is 4.79 Å². The van der Waals surface area contributed by atoms with E-state index in [1.54, 1.807) is 24.7 Å². The fraction of sp³-hybridized carbons (Fsp3) is 0.429. The highest BCUT2D eigenvalue weighted by Gasteiger charge is 2.31. The number of carbonyl (C=O) groups excluding carboxylic acids is 1. The molecule has 5 heteroatoms. The Morgan fingerprint density at radius 1 is 1.47 bits per heavy atom. The Kier molecular flexibility index (Phi) is 2.98. The van der Waals surface area contributed by atoms with E-state index in [4.69, 9.17) is 0 Å². The zero-order valence-corrected chi connectivity index (χ0v) is 10.7. The normalized spacial score (nSPS) is 17.7. The van der Waals surface area contributed by atoms with E-state index in [9.17, 15) is 9.90 Å². The zero-order valence-electron chi connectivity index (χ0n) is 10.7. The van der Waals surface area contributed by atoms with Crippen LogP contribution in [0.4, 0.5) is 0 Å². The molecule has 2 aromatic rings. The van der Waals surface area contributed by atoms with Gasteiger partial charge in [0, 0.05) is 18.3 Å². The van der Waals surface area contributed by atoms with Crippen LogP contribution >= 0.6 is 0 Å². The topological polar surface area (TPSA) is 66.6 Å². The number of aliphatic hydroxyl groups is 1. The highest BCUT2D eigenvalue weighted by Crippen LogP contribution is 2.28. The SMILES string of the molecule is O=C(NCC1(O)CCCC1)c1ccn2cncc2c1. The highest BCUT2D eigenvalue weighted by atomic mass is 16.3. The van der Waals surface area contributed by atoms with Gasteiger partial charge in [0.15, 0.2) is 0 Å². The summed E-state index contributed by atoms with van der Waals surface area (Å²) < 4.78 is 1.85. The number of nitrogens with zero attached hydrogens (tertiary/aromatic N) is 2. The van der Waals surface area contributed by atoms with Gasteiger partial charge in [-0.15, -0.1) is 0 Å². The van der Waals surface area contributed by atoms with Gasteiger partial charge in [-0.05, 0) is 25.0 Å². The molecule has 2 N–H and O–H groups in total. The molecular weight excluding hydrogens is 242 g/mol. The molecule has 19 heavy (non-hydrogen) atoms. The molecule has 1 aliphatic rings. The van der Waals surface area contributed by atoms with Crippen LogP contribution in [0.15, 0.2) is 30.9 Å². The van der Waals surface area contributed by atoms with Crippen molar-refractivity contribution in [3.63, 3.8) is 0 Å². The van der Waals surface area contributed by atoms with E-state index in [0.29, 0.717) is 12.1 Å². The molecular formula is C14H17N3O2. The fourth-order valence-electron chi connectivity index (χ4n) is 2.62. The molecule has 0 aromatic carbocycles. The van der Waals surface area contributed by atoms with E-state index in [-0.39, 0.29) is 5.91 Å². The van der Waals surface area contributed by atoms with E-state index in [2.05, 4.69) is 10.3 Å². The number of aromatic nitrogens is 2. The predicted molar refractivity (Wildman–Crippen MR) is 70.9 cm³/mol. The van der Waals surface area contributed by atoms with Crippen LogP contribution in [0.3, 0.4) is 0 Å². The van der Waals surface area contributed by atoms with E-state index >= 15 is 0 Å². The van der Waals surface area contributed by atoms with Crippen molar-refractivity contribution in [2.24, 2.45) is 0 Å². The van der Waals surface area contributed by atoms with E-state index in [0.717, 1.165) is 31.2 Å². The largest absolute Gasteiger partial charge is 0.388 e. The van der Waals surface area contributed by atoms with Gasteiger partial charge in [0.25, 0.3) is 5.91 Å². The van der Waals surface area contributed by atoms with Crippen LogP contribution in [0.1, 0.15) is 36.0 Å². The molecule has 2 aromatic heterocycles. The summed E-state index contributed by atoms with van der Waals surface area (Å²) in [5.74, 6) is -0.149. The van der Waals surface area contributed by atoms with Gasteiger partial charge in [-0.25, -0.2) is 4.98 Å². The standard InChI is InChI=1S/C14H17N3O2/c18-13(16-9-14(19)4-1-2-5-14)11-3-6-17-10-15-8-12(17)7-11/h3,6-8,10,19H,1-2,4-5,9H2,(H,16,18). The van der Waals surface area contributed by atoms with Crippen LogP contribution in [-0.4, -0.2) is 32.5 Å². The van der Waals surface area contributed by atoms with Crippen molar-refractivity contribution in [2.45, 2.75) is 31.3 Å². The Morgan fingerprint density at radius 3 is 3.05 bits per heavy atom. The monoisotopic (exact) mass is 259 g/mol. The maximum atomic E-state index is 12.1. The molecule has 2 heterocycles. The summed E-state index contributed by atoms with van der Waals surface area (Å²) in [6, 6.07) is 3.55. The Balaban J connectivity index is 1.69. The van der Waals surface area contributed by atoms with Gasteiger partial charge < -0.3 is 14.8 Å². The van der Waals surface area contributed by atoms with Crippen LogP contribution < -0.4 is 5.32 Å². The molecule has 0 unspecified atom stereocenters. The summed E-state index contributed by atoms with van der Waals surface area (Å²) >= 11 is 0. The maximum Gasteiger partial charge on any atom is 0.251 e. The Morgan fingerprint density at radius 2 is 2.26 bits per heavy atom. The smallest absolute Gasteiger partial charge is 0.251 e. The first-order chi connectivity index (χ1) is 9.16. The summed E-state index contributed by atoms with van der Waals surface area (Å²) in [5, 5.41) is 13.0. The van der Waals surface area contributed by atoms with Crippen LogP contribution in [0, 0.1) is 0 Å². The summed E-state index contributed by atoms with van der Waals surface area (Å²) in [6.45, 7) is 0.330. The first kappa shape index (κ1) is 12.2. The summed E-state index contributed by atoms with van der Waals surface area (Å²) in [7, 11) is 0. The molecule has 100 valence electrons. The lowest BCUT2D eigenvalue weighted by molar-refractivity contribution is 0.0449. The van der Waals surface area contributed by atoms with Gasteiger partial charge in [0.1, 0.15) is 0 Å². The minimum Gasteiger partial charge on any atom is -0.388 e. The number of nitrogens with one attached hydrogen (secondary N) is 1. The predicted octanol–water partition coefficient (Wildman–Crippen LogP) is 1.37. The van der Waals surface area contributed by atoms with Crippen molar-refractivity contribution in [3.05, 3.63) is 36.4 Å². The van der Waals surface area contributed by atoms with Crippen molar-refractivity contribution in [1.29, 1.82) is 0 Å². The van der Waals surface area contributed by atoms with Crippen molar-refractivity contribution < 1.29 is 9.90 Å². The molecule has 1 amide bonds. The van der Waals surface area contributed by atoms with Gasteiger partial charge in [-0.2, -0.15) is 0 Å². The number of amides is 1. The molecule has 0 spiro atoms. The molecule has 3 rings (SSSR count). The van der Waals surface area contributed by atoms with Crippen molar-refractivity contribution in [1.82, 2.24) is 14.7 Å². The van der Waals surface area contributed by atoms with Crippen molar-refractivity contribution in [2.75, 3.05) is 6.54 Å². The zero-order chi connectivity index (χ0) is 13.3. The fourth-order valence-corrected chi connectivity index (χ4v) is 2.62. The first-order valence-corrected chi connectivity index (χ1v) is 6.59. The number of hydrogen-bond acceptors (Lipinski definition) is 3. The van der Waals surface area contributed by atoms with Gasteiger partial charge in [0.2, 0.25) is 0 Å². The third-order valence-corrected chi connectivity index (χ3v) is 3.79. The average Bonchev–Trinajstić information content (AvgIpc) is 3.04. The minimum absolute atomic E-state index is 0.149. The summed E-state index contributed by atoms with van der Waals surface area (Å²) in [5.41, 5.74) is 0.762. The van der Waals surface area contributed by atoms with Crippen molar-refractivity contribution in [3.8, 4) is 0 Å². The molecule has 5 nitrogen and oxygen atoms in total. The van der Waals surface area contributed by atoms with Gasteiger partial charge in [-0.1, -0.05) is 12.8 Å². The Labute approximate surface area is 111 Å². The van der Waals surface area contributed by atoms with E-state index < -0.39 is 5.60 Å². The number of rotatable bonds is 3. The van der Waals surface area contributed by atoms with E-state index in [1.807, 2.05) is 10.6 Å². The second-order valence-electron chi connectivity index (χ2n) is 5.26. The van der Waals surface area contributed by atoms with Gasteiger partial charge >= 0.3 is 0 Å². The second-order valence-corrected chi connectivity index (χ2v) is 5.26. The first-order valence-electron chi connectivity index (χ1n) is 6.59. The number of fused-ring (bicyclic) bond motifs is 1. The molecule has 1 aliphatic carbocycles.